The number of hydrogen-bond acceptors (Lipinski definition) is 4. The number of aromatic nitrogens is 2. The molecule has 1 aromatic heterocycles. The van der Waals surface area contributed by atoms with Crippen LogP contribution >= 0.6 is 0 Å². The summed E-state index contributed by atoms with van der Waals surface area (Å²) in [5.74, 6) is -0.163. The number of rotatable bonds is 4. The Hall–Kier alpha value is -3.41. The molecule has 2 heterocycles. The van der Waals surface area contributed by atoms with E-state index in [4.69, 9.17) is 5.73 Å². The molecule has 0 atom stereocenters. The summed E-state index contributed by atoms with van der Waals surface area (Å²) >= 11 is 0. The van der Waals surface area contributed by atoms with Crippen molar-refractivity contribution >= 4 is 28.8 Å². The van der Waals surface area contributed by atoms with E-state index in [2.05, 4.69) is 17.7 Å². The van der Waals surface area contributed by atoms with Crippen molar-refractivity contribution in [1.29, 1.82) is 0 Å². The third-order valence-electron chi connectivity index (χ3n) is 4.82. The molecule has 1 aliphatic heterocycles. The molecule has 6 heteroatoms. The van der Waals surface area contributed by atoms with Gasteiger partial charge in [-0.05, 0) is 28.8 Å². The van der Waals surface area contributed by atoms with Gasteiger partial charge >= 0.3 is 0 Å². The predicted octanol–water partition coefficient (Wildman–Crippen LogP) is 2.53. The summed E-state index contributed by atoms with van der Waals surface area (Å²) in [7, 11) is 1.90. The zero-order valence-electron chi connectivity index (χ0n) is 14.4. The fraction of sp³-hybridized carbons (Fsp3) is 0.150. The van der Waals surface area contributed by atoms with Gasteiger partial charge in [0.1, 0.15) is 6.29 Å². The van der Waals surface area contributed by atoms with E-state index in [0.717, 1.165) is 27.6 Å². The highest BCUT2D eigenvalue weighted by atomic mass is 16.2. The van der Waals surface area contributed by atoms with Crippen molar-refractivity contribution < 1.29 is 9.59 Å². The van der Waals surface area contributed by atoms with E-state index >= 15 is 0 Å². The van der Waals surface area contributed by atoms with Gasteiger partial charge in [0.25, 0.3) is 5.91 Å². The largest absolute Gasteiger partial charge is 0.398 e. The minimum Gasteiger partial charge on any atom is -0.398 e. The van der Waals surface area contributed by atoms with Crippen LogP contribution in [0.5, 0.6) is 0 Å². The molecule has 0 radical (unpaired) electrons. The lowest BCUT2D eigenvalue weighted by Crippen LogP contribution is -2.26. The van der Waals surface area contributed by atoms with E-state index in [9.17, 15) is 9.59 Å². The third-order valence-corrected chi connectivity index (χ3v) is 4.82. The summed E-state index contributed by atoms with van der Waals surface area (Å²) in [5.41, 5.74) is 11.3. The van der Waals surface area contributed by atoms with Crippen molar-refractivity contribution in [2.75, 3.05) is 12.3 Å². The number of aryl methyl sites for hydroxylation is 1. The maximum absolute atomic E-state index is 12.8. The first-order valence-corrected chi connectivity index (χ1v) is 8.25. The highest BCUT2D eigenvalue weighted by Crippen LogP contribution is 2.37. The predicted molar refractivity (Wildman–Crippen MR) is 101 cm³/mol. The van der Waals surface area contributed by atoms with Gasteiger partial charge < -0.3 is 10.6 Å². The third kappa shape index (κ3) is 2.38. The Labute approximate surface area is 150 Å². The number of benzene rings is 2. The summed E-state index contributed by atoms with van der Waals surface area (Å²) in [5, 5.41) is 5.33. The van der Waals surface area contributed by atoms with Gasteiger partial charge in [0, 0.05) is 36.8 Å². The van der Waals surface area contributed by atoms with E-state index in [-0.39, 0.29) is 12.5 Å². The molecular weight excluding hydrogens is 328 g/mol. The Bertz CT molecular complexity index is 1080. The Morgan fingerprint density at radius 1 is 1.35 bits per heavy atom. The smallest absolute Gasteiger partial charge is 0.256 e. The number of fused-ring (bicyclic) bond motifs is 2. The van der Waals surface area contributed by atoms with Crippen molar-refractivity contribution in [2.24, 2.45) is 7.05 Å². The lowest BCUT2D eigenvalue weighted by Gasteiger charge is -2.14. The molecule has 26 heavy (non-hydrogen) atoms. The lowest BCUT2D eigenvalue weighted by molar-refractivity contribution is -0.105. The van der Waals surface area contributed by atoms with Gasteiger partial charge in [-0.3, -0.25) is 14.3 Å². The highest BCUT2D eigenvalue weighted by molar-refractivity contribution is 6.05. The first-order valence-electron chi connectivity index (χ1n) is 8.25. The van der Waals surface area contributed by atoms with Gasteiger partial charge in [-0.1, -0.05) is 24.8 Å². The molecule has 2 aromatic carbocycles. The molecule has 0 unspecified atom stereocenters. The summed E-state index contributed by atoms with van der Waals surface area (Å²) < 4.78 is 1.82. The van der Waals surface area contributed by atoms with Crippen LogP contribution in [0.1, 0.15) is 15.9 Å². The zero-order chi connectivity index (χ0) is 18.4. The molecule has 6 nitrogen and oxygen atoms in total. The van der Waals surface area contributed by atoms with Gasteiger partial charge in [0.15, 0.2) is 0 Å². The molecule has 0 saturated heterocycles. The van der Waals surface area contributed by atoms with Gasteiger partial charge in [-0.15, -0.1) is 0 Å². The Morgan fingerprint density at radius 2 is 2.15 bits per heavy atom. The molecule has 1 amide bonds. The number of carbonyl (C=O) groups excluding carboxylic acids is 2. The molecule has 2 N–H and O–H groups in total. The Kier molecular flexibility index (Phi) is 3.61. The molecule has 0 bridgehead atoms. The average molecular weight is 346 g/mol. The molecule has 130 valence electrons. The number of amides is 1. The fourth-order valence-electron chi connectivity index (χ4n) is 3.50. The van der Waals surface area contributed by atoms with E-state index in [1.54, 1.807) is 11.0 Å². The van der Waals surface area contributed by atoms with Crippen LogP contribution in [0.4, 0.5) is 5.69 Å². The molecule has 0 aliphatic carbocycles. The van der Waals surface area contributed by atoms with Gasteiger partial charge in [0.2, 0.25) is 0 Å². The van der Waals surface area contributed by atoms with Gasteiger partial charge in [-0.25, -0.2) is 0 Å². The standard InChI is InChI=1S/C20H18N4O2/c1-12(11-25)9-24-10-16-15(5-6-17(21)19(16)20(24)26)13-3-4-14-8-22-23(2)18(14)7-13/h3-8,11H,1,9-10,21H2,2H3. The molecule has 0 spiro atoms. The van der Waals surface area contributed by atoms with E-state index < -0.39 is 0 Å². The molecule has 4 rings (SSSR count). The molecular formula is C20H18N4O2. The van der Waals surface area contributed by atoms with Crippen molar-refractivity contribution in [1.82, 2.24) is 14.7 Å². The zero-order valence-corrected chi connectivity index (χ0v) is 14.4. The average Bonchev–Trinajstić information content (AvgIpc) is 3.16. The lowest BCUT2D eigenvalue weighted by atomic mass is 9.95. The minimum atomic E-state index is -0.163. The minimum absolute atomic E-state index is 0.163. The molecule has 0 saturated carbocycles. The number of nitrogens with zero attached hydrogens (tertiary/aromatic N) is 3. The first kappa shape index (κ1) is 16.1. The van der Waals surface area contributed by atoms with Gasteiger partial charge in [-0.2, -0.15) is 5.10 Å². The van der Waals surface area contributed by atoms with Crippen molar-refractivity contribution in [3.8, 4) is 11.1 Å². The van der Waals surface area contributed by atoms with E-state index in [0.29, 0.717) is 29.7 Å². The molecule has 0 fully saturated rings. The second-order valence-electron chi connectivity index (χ2n) is 6.53. The highest BCUT2D eigenvalue weighted by Gasteiger charge is 2.32. The second-order valence-corrected chi connectivity index (χ2v) is 6.53. The fourth-order valence-corrected chi connectivity index (χ4v) is 3.50. The van der Waals surface area contributed by atoms with Crippen LogP contribution in [0.3, 0.4) is 0 Å². The van der Waals surface area contributed by atoms with Crippen LogP contribution in [0.15, 0.2) is 48.7 Å². The Morgan fingerprint density at radius 3 is 2.92 bits per heavy atom. The normalized spacial score (nSPS) is 13.3. The quantitative estimate of drug-likeness (QED) is 0.447. The first-order chi connectivity index (χ1) is 12.5. The molecule has 1 aliphatic rings. The maximum atomic E-state index is 12.8. The second kappa shape index (κ2) is 5.84. The van der Waals surface area contributed by atoms with Crippen LogP contribution in [0, 0.1) is 0 Å². The van der Waals surface area contributed by atoms with Crippen molar-refractivity contribution in [3.63, 3.8) is 0 Å². The summed E-state index contributed by atoms with van der Waals surface area (Å²) in [6, 6.07) is 9.80. The summed E-state index contributed by atoms with van der Waals surface area (Å²) in [4.78, 5) is 25.2. The van der Waals surface area contributed by atoms with Crippen molar-refractivity contribution in [2.45, 2.75) is 6.54 Å². The van der Waals surface area contributed by atoms with Crippen LogP contribution in [0.25, 0.3) is 22.0 Å². The van der Waals surface area contributed by atoms with Crippen molar-refractivity contribution in [3.05, 3.63) is 59.8 Å². The topological polar surface area (TPSA) is 81.2 Å². The monoisotopic (exact) mass is 346 g/mol. The van der Waals surface area contributed by atoms with Crippen LogP contribution in [0.2, 0.25) is 0 Å². The SMILES string of the molecule is C=C(C=O)CN1Cc2c(-c3ccc4cnn(C)c4c3)ccc(N)c2C1=O. The number of carbonyl (C=O) groups is 2. The Balaban J connectivity index is 1.83. The van der Waals surface area contributed by atoms with Crippen LogP contribution in [-0.2, 0) is 18.4 Å². The van der Waals surface area contributed by atoms with E-state index in [1.165, 1.54) is 0 Å². The summed E-state index contributed by atoms with van der Waals surface area (Å²) in [6.45, 7) is 4.28. The van der Waals surface area contributed by atoms with Crippen LogP contribution in [-0.4, -0.2) is 33.4 Å². The maximum Gasteiger partial charge on any atom is 0.256 e. The molecule has 3 aromatic rings. The number of anilines is 1. The summed E-state index contributed by atoms with van der Waals surface area (Å²) in [6.07, 6.45) is 2.50. The number of hydrogen-bond donors (Lipinski definition) is 1. The van der Waals surface area contributed by atoms with Gasteiger partial charge in [0.05, 0.1) is 17.3 Å². The van der Waals surface area contributed by atoms with Crippen LogP contribution < -0.4 is 5.73 Å². The number of nitrogen functional groups attached to an aromatic ring is 1. The number of aldehydes is 1. The number of nitrogens with two attached hydrogens (primary N) is 1. The van der Waals surface area contributed by atoms with E-state index in [1.807, 2.05) is 36.1 Å².